The van der Waals surface area contributed by atoms with E-state index in [0.29, 0.717) is 6.04 Å². The molecular weight excluding hydrogens is 306 g/mol. The van der Waals surface area contributed by atoms with Crippen LogP contribution >= 0.6 is 0 Å². The zero-order chi connectivity index (χ0) is 16.8. The molecule has 1 heterocycles. The first kappa shape index (κ1) is 16.8. The highest BCUT2D eigenvalue weighted by atomic mass is 16.5. The van der Waals surface area contributed by atoms with E-state index in [4.69, 9.17) is 14.2 Å². The van der Waals surface area contributed by atoms with Gasteiger partial charge in [-0.25, -0.2) is 0 Å². The molecule has 1 unspecified atom stereocenters. The van der Waals surface area contributed by atoms with E-state index in [2.05, 4.69) is 23.5 Å². The summed E-state index contributed by atoms with van der Waals surface area (Å²) < 4.78 is 15.8. The van der Waals surface area contributed by atoms with E-state index in [1.165, 1.54) is 18.9 Å². The Morgan fingerprint density at radius 3 is 2.75 bits per heavy atom. The van der Waals surface area contributed by atoms with Crippen LogP contribution < -0.4 is 5.32 Å². The molecule has 1 N–H and O–H groups in total. The van der Waals surface area contributed by atoms with Gasteiger partial charge in [-0.1, -0.05) is 18.2 Å². The number of allylic oxidation sites excluding steroid dienone is 3. The Bertz CT molecular complexity index is 568. The Kier molecular flexibility index (Phi) is 5.75. The number of carbonyl (C=O) groups is 1. The molecule has 0 aromatic carbocycles. The van der Waals surface area contributed by atoms with Gasteiger partial charge < -0.3 is 19.5 Å². The maximum absolute atomic E-state index is 11.7. The Hall–Kier alpha value is -2.01. The fourth-order valence-electron chi connectivity index (χ4n) is 3.54. The monoisotopic (exact) mass is 331 g/mol. The zero-order valence-electron chi connectivity index (χ0n) is 14.1. The number of nitrogens with one attached hydrogen (secondary N) is 1. The Morgan fingerprint density at radius 2 is 2.12 bits per heavy atom. The largest absolute Gasteiger partial charge is 0.469 e. The third-order valence-corrected chi connectivity index (χ3v) is 4.89. The minimum Gasteiger partial charge on any atom is -0.469 e. The second-order valence-electron chi connectivity index (χ2n) is 6.43. The highest BCUT2D eigenvalue weighted by Gasteiger charge is 2.30. The van der Waals surface area contributed by atoms with Crippen LogP contribution in [0.1, 0.15) is 38.5 Å². The van der Waals surface area contributed by atoms with Crippen LogP contribution in [-0.2, 0) is 19.0 Å². The molecular formula is C19H25NO4. The van der Waals surface area contributed by atoms with Crippen molar-refractivity contribution in [2.24, 2.45) is 5.92 Å². The summed E-state index contributed by atoms with van der Waals surface area (Å²) in [6.07, 6.45) is 16.9. The lowest BCUT2D eigenvalue weighted by Gasteiger charge is -2.33. The summed E-state index contributed by atoms with van der Waals surface area (Å²) >= 11 is 0. The van der Waals surface area contributed by atoms with E-state index in [1.807, 2.05) is 0 Å². The number of hydrogen-bond donors (Lipinski definition) is 1. The Morgan fingerprint density at radius 1 is 1.29 bits per heavy atom. The molecule has 0 amide bonds. The van der Waals surface area contributed by atoms with Crippen LogP contribution in [0, 0.1) is 5.92 Å². The van der Waals surface area contributed by atoms with Gasteiger partial charge in [-0.2, -0.15) is 0 Å². The molecule has 0 radical (unpaired) electrons. The van der Waals surface area contributed by atoms with Gasteiger partial charge in [-0.05, 0) is 44.1 Å². The van der Waals surface area contributed by atoms with Gasteiger partial charge in [0.05, 0.1) is 19.1 Å². The van der Waals surface area contributed by atoms with Crippen LogP contribution in [0.4, 0.5) is 0 Å². The standard InChI is InChI=1S/C19H25NO4/c1-22-19(21)15-7-9-16(10-8-15)20-18(14-5-3-2-4-6-14)17-13-23-11-12-24-17/h2-3,5,11-13,15-16,18,20H,4,6-10H2,1H3. The van der Waals surface area contributed by atoms with Crippen molar-refractivity contribution in [2.45, 2.75) is 50.6 Å². The molecule has 0 aromatic heterocycles. The van der Waals surface area contributed by atoms with Crippen LogP contribution in [-0.4, -0.2) is 25.2 Å². The molecule has 130 valence electrons. The van der Waals surface area contributed by atoms with E-state index in [-0.39, 0.29) is 17.9 Å². The molecule has 1 fully saturated rings. The molecule has 2 aliphatic carbocycles. The summed E-state index contributed by atoms with van der Waals surface area (Å²) in [5.74, 6) is 0.746. The Balaban J connectivity index is 1.64. The molecule has 24 heavy (non-hydrogen) atoms. The third-order valence-electron chi connectivity index (χ3n) is 4.89. The predicted octanol–water partition coefficient (Wildman–Crippen LogP) is 3.31. The number of rotatable bonds is 5. The first-order chi connectivity index (χ1) is 11.8. The maximum Gasteiger partial charge on any atom is 0.308 e. The first-order valence-corrected chi connectivity index (χ1v) is 8.64. The van der Waals surface area contributed by atoms with Crippen molar-refractivity contribution in [2.75, 3.05) is 7.11 Å². The zero-order valence-corrected chi connectivity index (χ0v) is 14.1. The highest BCUT2D eigenvalue weighted by molar-refractivity contribution is 5.72. The molecule has 3 aliphatic rings. The lowest BCUT2D eigenvalue weighted by atomic mass is 9.85. The molecule has 5 heteroatoms. The van der Waals surface area contributed by atoms with Crippen molar-refractivity contribution in [3.8, 4) is 0 Å². The lowest BCUT2D eigenvalue weighted by molar-refractivity contribution is -0.146. The number of ether oxygens (including phenoxy) is 3. The Labute approximate surface area is 143 Å². The topological polar surface area (TPSA) is 56.8 Å². The van der Waals surface area contributed by atoms with Crippen molar-refractivity contribution >= 4 is 5.97 Å². The number of carbonyl (C=O) groups excluding carboxylic acids is 1. The van der Waals surface area contributed by atoms with Crippen molar-refractivity contribution in [1.29, 1.82) is 0 Å². The first-order valence-electron chi connectivity index (χ1n) is 8.64. The SMILES string of the molecule is COC(=O)C1CCC(NC(C2=CC=CCC2)C2=COC=CO2)CC1. The average Bonchev–Trinajstić information content (AvgIpc) is 2.67. The molecule has 5 nitrogen and oxygen atoms in total. The van der Waals surface area contributed by atoms with Gasteiger partial charge in [0.25, 0.3) is 0 Å². The fourth-order valence-corrected chi connectivity index (χ4v) is 3.54. The van der Waals surface area contributed by atoms with Crippen LogP contribution in [0.15, 0.2) is 48.3 Å². The summed E-state index contributed by atoms with van der Waals surface area (Å²) in [4.78, 5) is 11.7. The minimum absolute atomic E-state index is 0.0135. The number of hydrogen-bond acceptors (Lipinski definition) is 5. The normalized spacial score (nSPS) is 27.4. The lowest BCUT2D eigenvalue weighted by Crippen LogP contribution is -2.44. The molecule has 1 atom stereocenters. The minimum atomic E-state index is -0.0815. The van der Waals surface area contributed by atoms with Crippen LogP contribution in [0.25, 0.3) is 0 Å². The molecule has 0 spiro atoms. The van der Waals surface area contributed by atoms with E-state index in [1.54, 1.807) is 12.5 Å². The quantitative estimate of drug-likeness (QED) is 0.783. The van der Waals surface area contributed by atoms with Gasteiger partial charge in [0, 0.05) is 6.04 Å². The highest BCUT2D eigenvalue weighted by Crippen LogP contribution is 2.29. The summed E-state index contributed by atoms with van der Waals surface area (Å²) in [5.41, 5.74) is 1.30. The molecule has 0 bridgehead atoms. The summed E-state index contributed by atoms with van der Waals surface area (Å²) in [5, 5.41) is 3.71. The molecule has 0 aromatic rings. The average molecular weight is 331 g/mol. The summed E-state index contributed by atoms with van der Waals surface area (Å²) in [6, 6.07) is 0.373. The van der Waals surface area contributed by atoms with Crippen molar-refractivity contribution in [3.05, 3.63) is 48.3 Å². The second-order valence-corrected chi connectivity index (χ2v) is 6.43. The van der Waals surface area contributed by atoms with Gasteiger partial charge in [-0.3, -0.25) is 4.79 Å². The van der Waals surface area contributed by atoms with E-state index in [9.17, 15) is 4.79 Å². The van der Waals surface area contributed by atoms with Crippen LogP contribution in [0.3, 0.4) is 0 Å². The molecule has 0 saturated heterocycles. The van der Waals surface area contributed by atoms with Crippen LogP contribution in [0.5, 0.6) is 0 Å². The van der Waals surface area contributed by atoms with E-state index < -0.39 is 0 Å². The van der Waals surface area contributed by atoms with Crippen molar-refractivity contribution < 1.29 is 19.0 Å². The van der Waals surface area contributed by atoms with Gasteiger partial charge in [0.1, 0.15) is 18.8 Å². The third kappa shape index (κ3) is 4.09. The summed E-state index contributed by atoms with van der Waals surface area (Å²) in [7, 11) is 1.46. The second kappa shape index (κ2) is 8.20. The van der Waals surface area contributed by atoms with Gasteiger partial charge in [-0.15, -0.1) is 0 Å². The summed E-state index contributed by atoms with van der Waals surface area (Å²) in [6.45, 7) is 0. The smallest absolute Gasteiger partial charge is 0.308 e. The fraction of sp³-hybridized carbons (Fsp3) is 0.526. The molecule has 1 aliphatic heterocycles. The van der Waals surface area contributed by atoms with Gasteiger partial charge >= 0.3 is 5.97 Å². The maximum atomic E-state index is 11.7. The van der Waals surface area contributed by atoms with E-state index in [0.717, 1.165) is 44.3 Å². The van der Waals surface area contributed by atoms with E-state index >= 15 is 0 Å². The predicted molar refractivity (Wildman–Crippen MR) is 90.5 cm³/mol. The van der Waals surface area contributed by atoms with Crippen molar-refractivity contribution in [1.82, 2.24) is 5.32 Å². The molecule has 3 rings (SSSR count). The number of esters is 1. The van der Waals surface area contributed by atoms with Gasteiger partial charge in [0.2, 0.25) is 0 Å². The van der Waals surface area contributed by atoms with Crippen LogP contribution in [0.2, 0.25) is 0 Å². The van der Waals surface area contributed by atoms with Gasteiger partial charge in [0.15, 0.2) is 5.76 Å². The van der Waals surface area contributed by atoms with Crippen molar-refractivity contribution in [3.63, 3.8) is 0 Å². The number of methoxy groups -OCH3 is 1. The molecule has 1 saturated carbocycles.